The number of nitrogens with zero attached hydrogens (tertiary/aromatic N) is 1. The maximum absolute atomic E-state index is 12.4. The van der Waals surface area contributed by atoms with Crippen LogP contribution in [0.1, 0.15) is 12.5 Å². The Morgan fingerprint density at radius 3 is 2.74 bits per heavy atom. The van der Waals surface area contributed by atoms with Crippen molar-refractivity contribution < 1.29 is 24.5 Å². The zero-order chi connectivity index (χ0) is 17.3. The van der Waals surface area contributed by atoms with Gasteiger partial charge in [0.05, 0.1) is 16.5 Å². The normalized spacial score (nSPS) is 17.7. The maximum atomic E-state index is 12.4. The molecule has 2 N–H and O–H groups in total. The number of hydrogen-bond donors (Lipinski definition) is 2. The van der Waals surface area contributed by atoms with Crippen molar-refractivity contribution in [1.82, 2.24) is 4.90 Å². The Kier molecular flexibility index (Phi) is 5.33. The zero-order valence-electron chi connectivity index (χ0n) is 12.1. The lowest BCUT2D eigenvalue weighted by atomic mass is 10.1. The van der Waals surface area contributed by atoms with Crippen LogP contribution in [0.3, 0.4) is 0 Å². The Morgan fingerprint density at radius 1 is 1.52 bits per heavy atom. The highest BCUT2D eigenvalue weighted by Gasteiger charge is 2.38. The Labute approximate surface area is 150 Å². The monoisotopic (exact) mass is 417 g/mol. The minimum atomic E-state index is -1.13. The van der Waals surface area contributed by atoms with Gasteiger partial charge in [0.2, 0.25) is 0 Å². The van der Waals surface area contributed by atoms with Gasteiger partial charge >= 0.3 is 5.97 Å². The Balaban J connectivity index is 2.38. The number of carbonyl (C=O) groups excluding carboxylic acids is 1. The lowest BCUT2D eigenvalue weighted by Crippen LogP contribution is -2.41. The molecule has 1 aromatic rings. The molecule has 1 unspecified atom stereocenters. The van der Waals surface area contributed by atoms with Crippen LogP contribution in [0.5, 0.6) is 11.5 Å². The molecule has 1 fully saturated rings. The van der Waals surface area contributed by atoms with Crippen molar-refractivity contribution in [3.63, 3.8) is 0 Å². The van der Waals surface area contributed by atoms with Crippen LogP contribution < -0.4 is 4.74 Å². The fraction of sp³-hybridized carbons (Fsp3) is 0.214. The van der Waals surface area contributed by atoms with Crippen LogP contribution in [0.4, 0.5) is 0 Å². The first-order chi connectivity index (χ1) is 10.8. The Bertz CT molecular complexity index is 734. The van der Waals surface area contributed by atoms with Crippen molar-refractivity contribution in [3.8, 4) is 11.5 Å². The summed E-state index contributed by atoms with van der Waals surface area (Å²) < 4.78 is 5.66. The van der Waals surface area contributed by atoms with Crippen molar-refractivity contribution in [2.45, 2.75) is 13.0 Å². The van der Waals surface area contributed by atoms with Gasteiger partial charge in [0.25, 0.3) is 5.91 Å². The number of thioether (sulfide) groups is 1. The topological polar surface area (TPSA) is 87.1 Å². The molecule has 1 amide bonds. The molecule has 1 aliphatic heterocycles. The van der Waals surface area contributed by atoms with Crippen molar-refractivity contribution in [2.75, 3.05) is 7.11 Å². The fourth-order valence-electron chi connectivity index (χ4n) is 1.91. The van der Waals surface area contributed by atoms with E-state index in [1.165, 1.54) is 14.0 Å². The average Bonchev–Trinajstić information content (AvgIpc) is 2.76. The summed E-state index contributed by atoms with van der Waals surface area (Å²) in [6.45, 7) is 1.40. The summed E-state index contributed by atoms with van der Waals surface area (Å²) >= 11 is 9.33. The number of ether oxygens (including phenoxy) is 1. The molecule has 1 atom stereocenters. The third kappa shape index (κ3) is 3.51. The zero-order valence-corrected chi connectivity index (χ0v) is 15.3. The number of benzene rings is 1. The number of carboxylic acids is 1. The molecule has 23 heavy (non-hydrogen) atoms. The van der Waals surface area contributed by atoms with Gasteiger partial charge in [-0.15, -0.1) is 0 Å². The van der Waals surface area contributed by atoms with E-state index in [2.05, 4.69) is 15.9 Å². The first kappa shape index (κ1) is 17.8. The highest BCUT2D eigenvalue weighted by Crippen LogP contribution is 2.38. The van der Waals surface area contributed by atoms with E-state index >= 15 is 0 Å². The molecule has 0 bridgehead atoms. The number of methoxy groups -OCH3 is 1. The number of aromatic hydroxyl groups is 1. The summed E-state index contributed by atoms with van der Waals surface area (Å²) in [5, 5.41) is 18.9. The number of phenols is 1. The number of carboxylic acid groups (broad SMARTS) is 1. The van der Waals surface area contributed by atoms with Gasteiger partial charge in [0.1, 0.15) is 10.4 Å². The van der Waals surface area contributed by atoms with Crippen LogP contribution in [0, 0.1) is 0 Å². The number of carbonyl (C=O) groups is 2. The SMILES string of the molecule is COc1cc(/C=C2/SC(=S)N(C(C)C(=O)O)C2=O)cc(Br)c1O. The number of hydrogen-bond acceptors (Lipinski definition) is 6. The number of aliphatic carboxylic acids is 1. The first-order valence-corrected chi connectivity index (χ1v) is 8.34. The molecule has 1 saturated heterocycles. The highest BCUT2D eigenvalue weighted by atomic mass is 79.9. The smallest absolute Gasteiger partial charge is 0.326 e. The summed E-state index contributed by atoms with van der Waals surface area (Å²) in [7, 11) is 1.42. The molecule has 1 heterocycles. The number of amides is 1. The molecule has 0 aromatic heterocycles. The highest BCUT2D eigenvalue weighted by molar-refractivity contribution is 9.10. The van der Waals surface area contributed by atoms with Gasteiger partial charge < -0.3 is 14.9 Å². The molecule has 0 spiro atoms. The number of phenolic OH excluding ortho intramolecular Hbond substituents is 1. The quantitative estimate of drug-likeness (QED) is 0.575. The molecule has 0 aliphatic carbocycles. The van der Waals surface area contributed by atoms with Crippen LogP contribution in [-0.4, -0.2) is 44.5 Å². The first-order valence-electron chi connectivity index (χ1n) is 6.32. The molecule has 122 valence electrons. The predicted molar refractivity (Wildman–Crippen MR) is 94.5 cm³/mol. The lowest BCUT2D eigenvalue weighted by Gasteiger charge is -2.18. The summed E-state index contributed by atoms with van der Waals surface area (Å²) in [6, 6.07) is 2.15. The molecule has 0 radical (unpaired) electrons. The van der Waals surface area contributed by atoms with Crippen molar-refractivity contribution in [1.29, 1.82) is 0 Å². The van der Waals surface area contributed by atoms with E-state index in [1.807, 2.05) is 0 Å². The molecule has 9 heteroatoms. The van der Waals surface area contributed by atoms with Crippen molar-refractivity contribution in [2.24, 2.45) is 0 Å². The van der Waals surface area contributed by atoms with E-state index in [9.17, 15) is 14.7 Å². The van der Waals surface area contributed by atoms with E-state index in [-0.39, 0.29) is 15.8 Å². The largest absolute Gasteiger partial charge is 0.503 e. The third-order valence-electron chi connectivity index (χ3n) is 3.14. The Morgan fingerprint density at radius 2 is 2.17 bits per heavy atom. The van der Waals surface area contributed by atoms with Gasteiger partial charge in [-0.25, -0.2) is 4.79 Å². The second kappa shape index (κ2) is 6.90. The van der Waals surface area contributed by atoms with Gasteiger partial charge in [0.15, 0.2) is 11.5 Å². The minimum Gasteiger partial charge on any atom is -0.503 e. The third-order valence-corrected chi connectivity index (χ3v) is 5.07. The molecule has 6 nitrogen and oxygen atoms in total. The Hall–Kier alpha value is -1.58. The fourth-order valence-corrected chi connectivity index (χ4v) is 3.79. The maximum Gasteiger partial charge on any atom is 0.326 e. The van der Waals surface area contributed by atoms with Crippen LogP contribution in [-0.2, 0) is 9.59 Å². The molecule has 2 rings (SSSR count). The standard InChI is InChI=1S/C14H12BrNO5S2/c1-6(13(19)20)16-12(18)10(23-14(16)22)5-7-3-8(15)11(17)9(4-7)21-2/h3-6,17H,1-2H3,(H,19,20)/b10-5+. The van der Waals surface area contributed by atoms with E-state index < -0.39 is 17.9 Å². The summed E-state index contributed by atoms with van der Waals surface area (Å²) in [6.07, 6.45) is 1.57. The van der Waals surface area contributed by atoms with Crippen LogP contribution in [0.25, 0.3) is 6.08 Å². The van der Waals surface area contributed by atoms with Crippen LogP contribution in [0.2, 0.25) is 0 Å². The second-order valence-electron chi connectivity index (χ2n) is 4.62. The lowest BCUT2D eigenvalue weighted by molar-refractivity contribution is -0.144. The average molecular weight is 418 g/mol. The van der Waals surface area contributed by atoms with Gasteiger partial charge in [-0.1, -0.05) is 24.0 Å². The summed E-state index contributed by atoms with van der Waals surface area (Å²) in [5.41, 5.74) is 0.606. The molecule has 1 aromatic carbocycles. The predicted octanol–water partition coefficient (Wildman–Crippen LogP) is 2.84. The van der Waals surface area contributed by atoms with Crippen LogP contribution >= 0.6 is 39.9 Å². The van der Waals surface area contributed by atoms with Gasteiger partial charge in [-0.3, -0.25) is 9.69 Å². The summed E-state index contributed by atoms with van der Waals surface area (Å²) in [4.78, 5) is 24.8. The molecular formula is C14H12BrNO5S2. The molecule has 0 saturated carbocycles. The number of rotatable bonds is 4. The summed E-state index contributed by atoms with van der Waals surface area (Å²) in [5.74, 6) is -1.38. The number of thiocarbonyl (C=S) groups is 1. The van der Waals surface area contributed by atoms with E-state index in [4.69, 9.17) is 22.1 Å². The van der Waals surface area contributed by atoms with E-state index in [1.54, 1.807) is 18.2 Å². The molecule has 1 aliphatic rings. The van der Waals surface area contributed by atoms with Gasteiger partial charge in [0, 0.05) is 0 Å². The minimum absolute atomic E-state index is 0.0447. The van der Waals surface area contributed by atoms with Crippen molar-refractivity contribution >= 4 is 62.2 Å². The van der Waals surface area contributed by atoms with Gasteiger partial charge in [-0.05, 0) is 46.6 Å². The van der Waals surface area contributed by atoms with Gasteiger partial charge in [-0.2, -0.15) is 0 Å². The van der Waals surface area contributed by atoms with E-state index in [0.29, 0.717) is 14.9 Å². The molecular weight excluding hydrogens is 406 g/mol. The van der Waals surface area contributed by atoms with Crippen LogP contribution in [0.15, 0.2) is 21.5 Å². The second-order valence-corrected chi connectivity index (χ2v) is 7.15. The van der Waals surface area contributed by atoms with E-state index in [0.717, 1.165) is 16.7 Å². The number of halogens is 1. The van der Waals surface area contributed by atoms with Crippen molar-refractivity contribution in [3.05, 3.63) is 27.1 Å².